The molecule has 2 aromatic rings. The molecular weight excluding hydrogens is 252 g/mol. The van der Waals surface area contributed by atoms with Crippen molar-refractivity contribution in [1.82, 2.24) is 9.55 Å². The van der Waals surface area contributed by atoms with Gasteiger partial charge in [0.15, 0.2) is 0 Å². The first-order valence-electron chi connectivity index (χ1n) is 6.24. The van der Waals surface area contributed by atoms with Gasteiger partial charge in [-0.1, -0.05) is 6.07 Å². The standard InChI is InChI=1S/C15H16N4O/c1-10(16)15(11(2)17)12-3-4-14(20)19(9-12)13-5-7-18-8-6-13/h3-9,15-17H,1-2H3. The van der Waals surface area contributed by atoms with Crippen LogP contribution in [0.5, 0.6) is 0 Å². The van der Waals surface area contributed by atoms with Crippen LogP contribution in [-0.4, -0.2) is 21.0 Å². The van der Waals surface area contributed by atoms with E-state index in [1.54, 1.807) is 50.6 Å². The van der Waals surface area contributed by atoms with E-state index in [2.05, 4.69) is 4.98 Å². The van der Waals surface area contributed by atoms with Gasteiger partial charge in [-0.15, -0.1) is 0 Å². The number of pyridine rings is 2. The molecular formula is C15H16N4O. The van der Waals surface area contributed by atoms with E-state index in [9.17, 15) is 4.79 Å². The van der Waals surface area contributed by atoms with Gasteiger partial charge in [0.05, 0.1) is 11.6 Å². The van der Waals surface area contributed by atoms with Crippen molar-refractivity contribution in [2.24, 2.45) is 0 Å². The van der Waals surface area contributed by atoms with Crippen LogP contribution in [0.25, 0.3) is 5.69 Å². The van der Waals surface area contributed by atoms with Crippen molar-refractivity contribution in [3.63, 3.8) is 0 Å². The zero-order chi connectivity index (χ0) is 14.7. The SMILES string of the molecule is CC(=N)C(C(C)=N)c1ccc(=O)n(-c2ccncc2)c1. The highest BCUT2D eigenvalue weighted by atomic mass is 16.1. The lowest BCUT2D eigenvalue weighted by atomic mass is 9.92. The molecule has 2 N–H and O–H groups in total. The van der Waals surface area contributed by atoms with Crippen LogP contribution in [0.1, 0.15) is 25.3 Å². The Morgan fingerprint density at radius 3 is 2.25 bits per heavy atom. The van der Waals surface area contributed by atoms with Crippen LogP contribution in [0.3, 0.4) is 0 Å². The summed E-state index contributed by atoms with van der Waals surface area (Å²) in [5.41, 5.74) is 2.11. The third-order valence-corrected chi connectivity index (χ3v) is 3.07. The second-order valence-corrected chi connectivity index (χ2v) is 4.68. The smallest absolute Gasteiger partial charge is 0.255 e. The van der Waals surface area contributed by atoms with Gasteiger partial charge in [0.2, 0.25) is 0 Å². The van der Waals surface area contributed by atoms with E-state index < -0.39 is 0 Å². The van der Waals surface area contributed by atoms with Crippen molar-refractivity contribution in [2.45, 2.75) is 19.8 Å². The summed E-state index contributed by atoms with van der Waals surface area (Å²) in [5.74, 6) is -0.385. The largest absolute Gasteiger partial charge is 0.309 e. The summed E-state index contributed by atoms with van der Waals surface area (Å²) in [6, 6.07) is 6.64. The predicted molar refractivity (Wildman–Crippen MR) is 79.4 cm³/mol. The fourth-order valence-electron chi connectivity index (χ4n) is 2.21. The van der Waals surface area contributed by atoms with Gasteiger partial charge in [-0.25, -0.2) is 0 Å². The van der Waals surface area contributed by atoms with Gasteiger partial charge >= 0.3 is 0 Å². The van der Waals surface area contributed by atoms with Crippen LogP contribution in [0, 0.1) is 10.8 Å². The van der Waals surface area contributed by atoms with Crippen LogP contribution in [0.2, 0.25) is 0 Å². The number of hydrogen-bond acceptors (Lipinski definition) is 4. The minimum absolute atomic E-state index is 0.149. The molecule has 0 aromatic carbocycles. The topological polar surface area (TPSA) is 82.6 Å². The Morgan fingerprint density at radius 1 is 1.10 bits per heavy atom. The van der Waals surface area contributed by atoms with E-state index >= 15 is 0 Å². The molecule has 2 aromatic heterocycles. The van der Waals surface area contributed by atoms with Gasteiger partial charge in [-0.05, 0) is 31.5 Å². The van der Waals surface area contributed by atoms with Gasteiger partial charge in [0, 0.05) is 36.1 Å². The van der Waals surface area contributed by atoms with Crippen LogP contribution in [0.4, 0.5) is 0 Å². The molecule has 0 atom stereocenters. The Labute approximate surface area is 116 Å². The summed E-state index contributed by atoms with van der Waals surface area (Å²) < 4.78 is 1.51. The van der Waals surface area contributed by atoms with Gasteiger partial charge in [0.1, 0.15) is 0 Å². The van der Waals surface area contributed by atoms with Crippen molar-refractivity contribution in [2.75, 3.05) is 0 Å². The van der Waals surface area contributed by atoms with Crippen LogP contribution in [-0.2, 0) is 0 Å². The third kappa shape index (κ3) is 2.71. The highest BCUT2D eigenvalue weighted by molar-refractivity contribution is 6.07. The Bertz CT molecular complexity index is 689. The second-order valence-electron chi connectivity index (χ2n) is 4.68. The molecule has 2 rings (SSSR count). The first-order valence-corrected chi connectivity index (χ1v) is 6.24. The van der Waals surface area contributed by atoms with E-state index in [0.29, 0.717) is 11.4 Å². The van der Waals surface area contributed by atoms with Crippen LogP contribution in [0.15, 0.2) is 47.7 Å². The Hall–Kier alpha value is -2.56. The first-order chi connectivity index (χ1) is 9.50. The molecule has 0 spiro atoms. The van der Waals surface area contributed by atoms with Crippen molar-refractivity contribution < 1.29 is 0 Å². The molecule has 0 saturated carbocycles. The van der Waals surface area contributed by atoms with Crippen LogP contribution < -0.4 is 5.56 Å². The van der Waals surface area contributed by atoms with Gasteiger partial charge in [-0.3, -0.25) is 14.3 Å². The van der Waals surface area contributed by atoms with Crippen molar-refractivity contribution in [1.29, 1.82) is 10.8 Å². The molecule has 0 fully saturated rings. The molecule has 102 valence electrons. The zero-order valence-corrected chi connectivity index (χ0v) is 11.4. The Kier molecular flexibility index (Phi) is 3.89. The summed E-state index contributed by atoms with van der Waals surface area (Å²) in [7, 11) is 0. The van der Waals surface area contributed by atoms with Crippen molar-refractivity contribution in [3.05, 3.63) is 58.8 Å². The number of nitrogens with zero attached hydrogens (tertiary/aromatic N) is 2. The maximum atomic E-state index is 12.0. The predicted octanol–water partition coefficient (Wildman–Crippen LogP) is 2.40. The second kappa shape index (κ2) is 5.61. The average Bonchev–Trinajstić information content (AvgIpc) is 2.41. The van der Waals surface area contributed by atoms with Crippen molar-refractivity contribution in [3.8, 4) is 5.69 Å². The lowest BCUT2D eigenvalue weighted by molar-refractivity contribution is 0.950. The van der Waals surface area contributed by atoms with Crippen LogP contribution >= 0.6 is 0 Å². The quantitative estimate of drug-likeness (QED) is 0.835. The number of hydrogen-bond donors (Lipinski definition) is 2. The lowest BCUT2D eigenvalue weighted by Gasteiger charge is -2.16. The summed E-state index contributed by atoms with van der Waals surface area (Å²) >= 11 is 0. The minimum Gasteiger partial charge on any atom is -0.309 e. The van der Waals surface area contributed by atoms with Gasteiger partial charge in [-0.2, -0.15) is 0 Å². The number of aromatic nitrogens is 2. The zero-order valence-electron chi connectivity index (χ0n) is 11.4. The summed E-state index contributed by atoms with van der Waals surface area (Å²) in [4.78, 5) is 15.9. The fraction of sp³-hybridized carbons (Fsp3) is 0.200. The molecule has 2 heterocycles. The molecule has 0 aliphatic heterocycles. The molecule has 0 bridgehead atoms. The molecule has 5 nitrogen and oxygen atoms in total. The average molecular weight is 268 g/mol. The molecule has 5 heteroatoms. The fourth-order valence-corrected chi connectivity index (χ4v) is 2.21. The van der Waals surface area contributed by atoms with E-state index in [-0.39, 0.29) is 11.5 Å². The molecule has 0 unspecified atom stereocenters. The number of rotatable bonds is 4. The maximum absolute atomic E-state index is 12.0. The van der Waals surface area contributed by atoms with Gasteiger partial charge in [0.25, 0.3) is 5.56 Å². The monoisotopic (exact) mass is 268 g/mol. The molecule has 0 aliphatic carbocycles. The third-order valence-electron chi connectivity index (χ3n) is 3.07. The molecule has 0 radical (unpaired) electrons. The number of nitrogens with one attached hydrogen (secondary N) is 2. The van der Waals surface area contributed by atoms with E-state index in [1.165, 1.54) is 10.6 Å². The summed E-state index contributed by atoms with van der Waals surface area (Å²) in [5, 5.41) is 15.6. The molecule has 0 amide bonds. The van der Waals surface area contributed by atoms with Crippen molar-refractivity contribution >= 4 is 11.4 Å². The highest BCUT2D eigenvalue weighted by Crippen LogP contribution is 2.18. The van der Waals surface area contributed by atoms with E-state index in [4.69, 9.17) is 10.8 Å². The molecule has 20 heavy (non-hydrogen) atoms. The Balaban J connectivity index is 2.57. The molecule has 0 aliphatic rings. The highest BCUT2D eigenvalue weighted by Gasteiger charge is 2.17. The lowest BCUT2D eigenvalue weighted by Crippen LogP contribution is -2.22. The van der Waals surface area contributed by atoms with E-state index in [1.807, 2.05) is 0 Å². The normalized spacial score (nSPS) is 11.9. The van der Waals surface area contributed by atoms with E-state index in [0.717, 1.165) is 11.3 Å². The minimum atomic E-state index is -0.385. The molecule has 0 saturated heterocycles. The Morgan fingerprint density at radius 2 is 1.70 bits per heavy atom. The maximum Gasteiger partial charge on any atom is 0.255 e. The summed E-state index contributed by atoms with van der Waals surface area (Å²) in [6.07, 6.45) is 4.93. The first kappa shape index (κ1) is 13.9. The van der Waals surface area contributed by atoms with Gasteiger partial charge < -0.3 is 10.8 Å². The summed E-state index contributed by atoms with van der Waals surface area (Å²) in [6.45, 7) is 3.34.